The number of rotatable bonds is 5. The van der Waals surface area contributed by atoms with Crippen molar-refractivity contribution < 1.29 is 8.42 Å². The zero-order valence-corrected chi connectivity index (χ0v) is 13.0. The Morgan fingerprint density at radius 2 is 1.68 bits per heavy atom. The molecule has 1 heterocycles. The van der Waals surface area contributed by atoms with E-state index in [1.165, 1.54) is 32.1 Å². The first-order chi connectivity index (χ1) is 9.08. The van der Waals surface area contributed by atoms with Gasteiger partial charge in [-0.25, -0.2) is 12.7 Å². The molecule has 0 atom stereocenters. The van der Waals surface area contributed by atoms with E-state index in [1.807, 2.05) is 7.05 Å². The minimum atomic E-state index is -3.02. The van der Waals surface area contributed by atoms with E-state index in [9.17, 15) is 8.42 Å². The van der Waals surface area contributed by atoms with Crippen LogP contribution in [0.1, 0.15) is 51.4 Å². The normalized spacial score (nSPS) is 24.7. The third-order valence-corrected chi connectivity index (χ3v) is 6.88. The monoisotopic (exact) mass is 288 g/mol. The van der Waals surface area contributed by atoms with Crippen molar-refractivity contribution in [2.75, 3.05) is 32.4 Å². The summed E-state index contributed by atoms with van der Waals surface area (Å²) in [6.07, 6.45) is 9.57. The van der Waals surface area contributed by atoms with Gasteiger partial charge in [0.15, 0.2) is 0 Å². The smallest absolute Gasteiger partial charge is 0.214 e. The summed E-state index contributed by atoms with van der Waals surface area (Å²) < 4.78 is 26.2. The molecular weight excluding hydrogens is 260 g/mol. The summed E-state index contributed by atoms with van der Waals surface area (Å²) in [5.41, 5.74) is 0.481. The lowest BCUT2D eigenvalue weighted by Crippen LogP contribution is -2.44. The van der Waals surface area contributed by atoms with E-state index >= 15 is 0 Å². The second-order valence-corrected chi connectivity index (χ2v) is 8.32. The fraction of sp³-hybridized carbons (Fsp3) is 1.00. The molecule has 19 heavy (non-hydrogen) atoms. The standard InChI is InChI=1S/C14H28N2O2S/c1-15-10-5-13-19(17,18)16-11-8-14(9-12-16)6-3-2-4-7-14/h15H,2-13H2,1H3. The molecule has 1 N–H and O–H groups in total. The van der Waals surface area contributed by atoms with Gasteiger partial charge in [-0.2, -0.15) is 0 Å². The van der Waals surface area contributed by atoms with Crippen LogP contribution in [0.25, 0.3) is 0 Å². The van der Waals surface area contributed by atoms with Crippen LogP contribution < -0.4 is 5.32 Å². The predicted octanol–water partition coefficient (Wildman–Crippen LogP) is 1.97. The first-order valence-corrected chi connectivity index (χ1v) is 9.31. The van der Waals surface area contributed by atoms with Crippen LogP contribution in [-0.2, 0) is 10.0 Å². The second kappa shape index (κ2) is 6.55. The van der Waals surface area contributed by atoms with E-state index in [0.717, 1.165) is 32.5 Å². The van der Waals surface area contributed by atoms with Crippen molar-refractivity contribution in [2.24, 2.45) is 5.41 Å². The summed E-state index contributed by atoms with van der Waals surface area (Å²) in [7, 11) is -1.16. The molecule has 1 aliphatic carbocycles. The summed E-state index contributed by atoms with van der Waals surface area (Å²) in [5, 5.41) is 3.01. The Labute approximate surface area is 118 Å². The molecule has 0 radical (unpaired) electrons. The predicted molar refractivity (Wildman–Crippen MR) is 78.7 cm³/mol. The molecule has 1 aliphatic heterocycles. The third-order valence-electron chi connectivity index (χ3n) is 4.92. The molecule has 2 rings (SSSR count). The largest absolute Gasteiger partial charge is 0.320 e. The van der Waals surface area contributed by atoms with Crippen LogP contribution in [0.3, 0.4) is 0 Å². The van der Waals surface area contributed by atoms with Crippen molar-refractivity contribution in [3.8, 4) is 0 Å². The quantitative estimate of drug-likeness (QED) is 0.787. The van der Waals surface area contributed by atoms with Gasteiger partial charge in [0.2, 0.25) is 10.0 Å². The van der Waals surface area contributed by atoms with Crippen LogP contribution in [0.5, 0.6) is 0 Å². The molecule has 1 saturated carbocycles. The van der Waals surface area contributed by atoms with Gasteiger partial charge in [-0.3, -0.25) is 0 Å². The Morgan fingerprint density at radius 3 is 2.26 bits per heavy atom. The fourth-order valence-electron chi connectivity index (χ4n) is 3.60. The Kier molecular flexibility index (Phi) is 5.26. The summed E-state index contributed by atoms with van der Waals surface area (Å²) in [6, 6.07) is 0. The summed E-state index contributed by atoms with van der Waals surface area (Å²) in [5.74, 6) is 0.292. The molecule has 0 unspecified atom stereocenters. The van der Waals surface area contributed by atoms with Crippen molar-refractivity contribution in [1.82, 2.24) is 9.62 Å². The molecule has 0 amide bonds. The Morgan fingerprint density at radius 1 is 1.05 bits per heavy atom. The fourth-order valence-corrected chi connectivity index (χ4v) is 5.11. The molecule has 2 fully saturated rings. The number of hydrogen-bond acceptors (Lipinski definition) is 3. The van der Waals surface area contributed by atoms with Gasteiger partial charge >= 0.3 is 0 Å². The first kappa shape index (κ1) is 15.3. The highest BCUT2D eigenvalue weighted by molar-refractivity contribution is 7.89. The summed E-state index contributed by atoms with van der Waals surface area (Å²) in [6.45, 7) is 2.28. The molecule has 0 aromatic rings. The zero-order chi connectivity index (χ0) is 13.8. The van der Waals surface area contributed by atoms with E-state index in [4.69, 9.17) is 0 Å². The minimum Gasteiger partial charge on any atom is -0.320 e. The molecule has 1 spiro atoms. The lowest BCUT2D eigenvalue weighted by Gasteiger charge is -2.43. The Bertz CT molecular complexity index is 365. The van der Waals surface area contributed by atoms with Gasteiger partial charge in [0.1, 0.15) is 0 Å². The lowest BCUT2D eigenvalue weighted by atomic mass is 9.68. The third kappa shape index (κ3) is 3.92. The topological polar surface area (TPSA) is 49.4 Å². The highest BCUT2D eigenvalue weighted by Crippen LogP contribution is 2.44. The van der Waals surface area contributed by atoms with Crippen LogP contribution in [0.15, 0.2) is 0 Å². The lowest BCUT2D eigenvalue weighted by molar-refractivity contribution is 0.102. The first-order valence-electron chi connectivity index (χ1n) is 7.70. The number of nitrogens with zero attached hydrogens (tertiary/aromatic N) is 1. The number of hydrogen-bond donors (Lipinski definition) is 1. The van der Waals surface area contributed by atoms with Crippen molar-refractivity contribution in [3.05, 3.63) is 0 Å². The molecule has 1 saturated heterocycles. The molecule has 0 aromatic carbocycles. The van der Waals surface area contributed by atoms with Gasteiger partial charge in [0.05, 0.1) is 5.75 Å². The van der Waals surface area contributed by atoms with Gasteiger partial charge < -0.3 is 5.32 Å². The van der Waals surface area contributed by atoms with E-state index in [-0.39, 0.29) is 0 Å². The van der Waals surface area contributed by atoms with E-state index in [0.29, 0.717) is 17.6 Å². The second-order valence-electron chi connectivity index (χ2n) is 6.23. The number of nitrogens with one attached hydrogen (secondary N) is 1. The zero-order valence-electron chi connectivity index (χ0n) is 12.2. The van der Waals surface area contributed by atoms with Crippen LogP contribution in [0, 0.1) is 5.41 Å². The van der Waals surface area contributed by atoms with Crippen LogP contribution in [0.2, 0.25) is 0 Å². The van der Waals surface area contributed by atoms with Gasteiger partial charge in [0, 0.05) is 13.1 Å². The van der Waals surface area contributed by atoms with Crippen LogP contribution >= 0.6 is 0 Å². The van der Waals surface area contributed by atoms with E-state index in [1.54, 1.807) is 4.31 Å². The van der Waals surface area contributed by atoms with Gasteiger partial charge in [0.25, 0.3) is 0 Å². The summed E-state index contributed by atoms with van der Waals surface area (Å²) in [4.78, 5) is 0. The average molecular weight is 288 g/mol. The number of sulfonamides is 1. The van der Waals surface area contributed by atoms with E-state index in [2.05, 4.69) is 5.32 Å². The highest BCUT2D eigenvalue weighted by Gasteiger charge is 2.38. The molecule has 4 nitrogen and oxygen atoms in total. The molecule has 5 heteroatoms. The maximum Gasteiger partial charge on any atom is 0.214 e. The highest BCUT2D eigenvalue weighted by atomic mass is 32.2. The van der Waals surface area contributed by atoms with Crippen LogP contribution in [0.4, 0.5) is 0 Å². The Balaban J connectivity index is 1.84. The average Bonchev–Trinajstić information content (AvgIpc) is 2.40. The number of piperidine rings is 1. The van der Waals surface area contributed by atoms with E-state index < -0.39 is 10.0 Å². The Hall–Kier alpha value is -0.130. The molecule has 0 bridgehead atoms. The minimum absolute atomic E-state index is 0.292. The maximum atomic E-state index is 12.2. The SMILES string of the molecule is CNCCCS(=O)(=O)N1CCC2(CCCCC2)CC1. The summed E-state index contributed by atoms with van der Waals surface area (Å²) >= 11 is 0. The van der Waals surface area contributed by atoms with Crippen molar-refractivity contribution >= 4 is 10.0 Å². The maximum absolute atomic E-state index is 12.2. The van der Waals surface area contributed by atoms with Crippen LogP contribution in [-0.4, -0.2) is 45.2 Å². The van der Waals surface area contributed by atoms with Crippen molar-refractivity contribution in [3.63, 3.8) is 0 Å². The molecule has 0 aromatic heterocycles. The molecule has 112 valence electrons. The van der Waals surface area contributed by atoms with Crippen molar-refractivity contribution in [1.29, 1.82) is 0 Å². The van der Waals surface area contributed by atoms with Crippen molar-refractivity contribution in [2.45, 2.75) is 51.4 Å². The van der Waals surface area contributed by atoms with Gasteiger partial charge in [-0.05, 0) is 51.1 Å². The van der Waals surface area contributed by atoms with Gasteiger partial charge in [-0.1, -0.05) is 19.3 Å². The van der Waals surface area contributed by atoms with Gasteiger partial charge in [-0.15, -0.1) is 0 Å². The molecule has 2 aliphatic rings. The molecular formula is C14H28N2O2S.